The minimum atomic E-state index is -0.606. The van der Waals surface area contributed by atoms with E-state index in [0.717, 1.165) is 32.5 Å². The Balaban J connectivity index is 1.53. The molecule has 0 spiro atoms. The fourth-order valence-corrected chi connectivity index (χ4v) is 2.97. The van der Waals surface area contributed by atoms with Gasteiger partial charge in [0.25, 0.3) is 5.91 Å². The summed E-state index contributed by atoms with van der Waals surface area (Å²) in [5.74, 6) is 0.106. The van der Waals surface area contributed by atoms with Gasteiger partial charge in [-0.2, -0.15) is 0 Å². The fraction of sp³-hybridized carbons (Fsp3) is 0.333. The molecule has 3 N–H and O–H groups in total. The van der Waals surface area contributed by atoms with Crippen LogP contribution in [-0.4, -0.2) is 50.1 Å². The van der Waals surface area contributed by atoms with Crippen LogP contribution < -0.4 is 10.8 Å². The molecule has 26 heavy (non-hydrogen) atoms. The minimum absolute atomic E-state index is 0.321. The number of hydrogen-bond donors (Lipinski definition) is 3. The normalized spacial score (nSPS) is 18.0. The predicted octanol–water partition coefficient (Wildman–Crippen LogP) is 1.47. The summed E-state index contributed by atoms with van der Waals surface area (Å²) in [4.78, 5) is 26.0. The highest BCUT2D eigenvalue weighted by atomic mass is 16.5. The lowest BCUT2D eigenvalue weighted by molar-refractivity contribution is -0.124. The number of hydrogen-bond acceptors (Lipinski definition) is 7. The lowest BCUT2D eigenvalue weighted by atomic mass is 10.0. The molecule has 0 unspecified atom stereocenters. The largest absolute Gasteiger partial charge is 0.365 e. The highest BCUT2D eigenvalue weighted by Gasteiger charge is 2.20. The van der Waals surface area contributed by atoms with Crippen molar-refractivity contribution in [3.63, 3.8) is 0 Å². The van der Waals surface area contributed by atoms with E-state index in [0.29, 0.717) is 17.6 Å². The van der Waals surface area contributed by atoms with Crippen molar-refractivity contribution in [1.82, 2.24) is 25.3 Å². The van der Waals surface area contributed by atoms with Gasteiger partial charge >= 0.3 is 0 Å². The number of rotatable bonds is 6. The van der Waals surface area contributed by atoms with Gasteiger partial charge in [0.15, 0.2) is 0 Å². The maximum absolute atomic E-state index is 11.0. The van der Waals surface area contributed by atoms with Crippen LogP contribution in [0.4, 0.5) is 5.82 Å². The highest BCUT2D eigenvalue weighted by molar-refractivity contribution is 5.90. The second-order valence-electron chi connectivity index (χ2n) is 6.21. The predicted molar refractivity (Wildman–Crippen MR) is 97.2 cm³/mol. The molecule has 1 fully saturated rings. The van der Waals surface area contributed by atoms with E-state index in [1.54, 1.807) is 12.4 Å². The molecule has 0 bridgehead atoms. The lowest BCUT2D eigenvalue weighted by Crippen LogP contribution is -2.41. The number of likely N-dealkylation sites (tertiary alicyclic amines) is 1. The summed E-state index contributed by atoms with van der Waals surface area (Å²) < 4.78 is 0. The van der Waals surface area contributed by atoms with Crippen LogP contribution in [0.2, 0.25) is 0 Å². The molecule has 2 aromatic heterocycles. The fourth-order valence-electron chi connectivity index (χ4n) is 2.97. The third-order valence-electron chi connectivity index (χ3n) is 4.20. The third kappa shape index (κ3) is 5.33. The average molecular weight is 354 g/mol. The van der Waals surface area contributed by atoms with Crippen LogP contribution in [0.15, 0.2) is 43.0 Å². The van der Waals surface area contributed by atoms with Crippen LogP contribution in [0, 0.1) is 0 Å². The van der Waals surface area contributed by atoms with Gasteiger partial charge in [0.2, 0.25) is 0 Å². The molecule has 2 aromatic rings. The van der Waals surface area contributed by atoms with Gasteiger partial charge in [0, 0.05) is 37.6 Å². The number of piperidine rings is 1. The van der Waals surface area contributed by atoms with Gasteiger partial charge in [-0.25, -0.2) is 10.5 Å². The first-order valence-corrected chi connectivity index (χ1v) is 8.55. The molecule has 1 atom stereocenters. The Labute approximate surface area is 152 Å². The van der Waals surface area contributed by atoms with Gasteiger partial charge in [-0.05, 0) is 43.2 Å². The summed E-state index contributed by atoms with van der Waals surface area (Å²) in [6.45, 7) is 2.95. The van der Waals surface area contributed by atoms with Crippen molar-refractivity contribution in [1.29, 1.82) is 0 Å². The number of pyridine rings is 1. The van der Waals surface area contributed by atoms with Gasteiger partial charge in [0.05, 0.1) is 18.1 Å². The van der Waals surface area contributed by atoms with Crippen molar-refractivity contribution in [2.45, 2.75) is 25.4 Å². The van der Waals surface area contributed by atoms with E-state index in [1.165, 1.54) is 23.2 Å². The summed E-state index contributed by atoms with van der Waals surface area (Å²) in [5.41, 5.74) is 3.34. The standard InChI is InChI=1S/C18H22N6O2/c25-18(23-26)4-3-15-10-21-17(11-20-15)22-16-2-1-9-24(13-16)12-14-5-7-19-8-6-14/h3-8,10-11,16,26H,1-2,9,12-13H2,(H,21,22)(H,23,25)/b4-3+/t16-/m1/s1. The summed E-state index contributed by atoms with van der Waals surface area (Å²) in [6.07, 6.45) is 11.8. The maximum Gasteiger partial charge on any atom is 0.267 e. The number of nitrogens with one attached hydrogen (secondary N) is 2. The zero-order valence-corrected chi connectivity index (χ0v) is 14.4. The summed E-state index contributed by atoms with van der Waals surface area (Å²) >= 11 is 0. The molecular weight excluding hydrogens is 332 g/mol. The molecular formula is C18H22N6O2. The highest BCUT2D eigenvalue weighted by Crippen LogP contribution is 2.16. The van der Waals surface area contributed by atoms with Crippen molar-refractivity contribution in [3.05, 3.63) is 54.3 Å². The van der Waals surface area contributed by atoms with Gasteiger partial charge < -0.3 is 5.32 Å². The number of nitrogens with zero attached hydrogens (tertiary/aromatic N) is 4. The van der Waals surface area contributed by atoms with Crippen molar-refractivity contribution in [3.8, 4) is 0 Å². The Bertz CT molecular complexity index is 735. The molecule has 136 valence electrons. The van der Waals surface area contributed by atoms with Crippen molar-refractivity contribution in [2.75, 3.05) is 18.4 Å². The van der Waals surface area contributed by atoms with Crippen molar-refractivity contribution in [2.24, 2.45) is 0 Å². The Morgan fingerprint density at radius 2 is 2.15 bits per heavy atom. The van der Waals surface area contributed by atoms with E-state index in [9.17, 15) is 4.79 Å². The maximum atomic E-state index is 11.0. The van der Waals surface area contributed by atoms with Crippen LogP contribution in [0.3, 0.4) is 0 Å². The zero-order chi connectivity index (χ0) is 18.2. The van der Waals surface area contributed by atoms with E-state index >= 15 is 0 Å². The van der Waals surface area contributed by atoms with E-state index in [-0.39, 0.29) is 0 Å². The molecule has 1 saturated heterocycles. The Morgan fingerprint density at radius 3 is 2.88 bits per heavy atom. The van der Waals surface area contributed by atoms with Gasteiger partial charge in [-0.15, -0.1) is 0 Å². The number of amides is 1. The van der Waals surface area contributed by atoms with E-state index in [1.807, 2.05) is 24.5 Å². The Hall–Kier alpha value is -2.84. The first-order valence-electron chi connectivity index (χ1n) is 8.55. The number of hydroxylamine groups is 1. The number of aromatic nitrogens is 3. The average Bonchev–Trinajstić information content (AvgIpc) is 2.68. The number of anilines is 1. The second kappa shape index (κ2) is 9.02. The van der Waals surface area contributed by atoms with Crippen LogP contribution >= 0.6 is 0 Å². The summed E-state index contributed by atoms with van der Waals surface area (Å²) in [7, 11) is 0. The molecule has 1 amide bonds. The van der Waals surface area contributed by atoms with Crippen LogP contribution in [-0.2, 0) is 11.3 Å². The second-order valence-corrected chi connectivity index (χ2v) is 6.21. The third-order valence-corrected chi connectivity index (χ3v) is 4.20. The lowest BCUT2D eigenvalue weighted by Gasteiger charge is -2.33. The minimum Gasteiger partial charge on any atom is -0.365 e. The quantitative estimate of drug-likeness (QED) is 0.410. The Morgan fingerprint density at radius 1 is 1.31 bits per heavy atom. The molecule has 8 heteroatoms. The molecule has 0 aliphatic carbocycles. The van der Waals surface area contributed by atoms with E-state index in [2.05, 4.69) is 25.2 Å². The van der Waals surface area contributed by atoms with Crippen molar-refractivity contribution < 1.29 is 10.0 Å². The summed E-state index contributed by atoms with van der Waals surface area (Å²) in [5, 5.41) is 11.9. The number of carbonyl (C=O) groups excluding carboxylic acids is 1. The molecule has 3 heterocycles. The topological polar surface area (TPSA) is 103 Å². The first-order chi connectivity index (χ1) is 12.7. The molecule has 1 aliphatic heterocycles. The van der Waals surface area contributed by atoms with E-state index in [4.69, 9.17) is 5.21 Å². The van der Waals surface area contributed by atoms with Crippen LogP contribution in [0.5, 0.6) is 0 Å². The van der Waals surface area contributed by atoms with E-state index < -0.39 is 5.91 Å². The number of carbonyl (C=O) groups is 1. The molecule has 0 saturated carbocycles. The first kappa shape index (κ1) is 18.0. The van der Waals surface area contributed by atoms with Crippen molar-refractivity contribution >= 4 is 17.8 Å². The summed E-state index contributed by atoms with van der Waals surface area (Å²) in [6, 6.07) is 4.42. The zero-order valence-electron chi connectivity index (χ0n) is 14.4. The Kier molecular flexibility index (Phi) is 6.24. The van der Waals surface area contributed by atoms with Gasteiger partial charge in [-0.1, -0.05) is 0 Å². The van der Waals surface area contributed by atoms with Crippen LogP contribution in [0.25, 0.3) is 6.08 Å². The van der Waals surface area contributed by atoms with Gasteiger partial charge in [0.1, 0.15) is 5.82 Å². The molecule has 0 radical (unpaired) electrons. The SMILES string of the molecule is O=C(/C=C/c1cnc(N[C@@H]2CCCN(Cc3ccncc3)C2)cn1)NO. The molecule has 8 nitrogen and oxygen atoms in total. The molecule has 0 aromatic carbocycles. The molecule has 3 rings (SSSR count). The van der Waals surface area contributed by atoms with Gasteiger partial charge in [-0.3, -0.25) is 24.9 Å². The van der Waals surface area contributed by atoms with Crippen LogP contribution in [0.1, 0.15) is 24.1 Å². The smallest absolute Gasteiger partial charge is 0.267 e. The monoisotopic (exact) mass is 354 g/mol. The molecule has 1 aliphatic rings.